The molecule has 3 nitrogen and oxygen atoms in total. The van der Waals surface area contributed by atoms with Crippen molar-refractivity contribution in [2.24, 2.45) is 0 Å². The highest BCUT2D eigenvalue weighted by Crippen LogP contribution is 2.46. The van der Waals surface area contributed by atoms with Crippen LogP contribution in [0.1, 0.15) is 26.3 Å². The van der Waals surface area contributed by atoms with Crippen molar-refractivity contribution in [3.8, 4) is 17.2 Å². The number of ether oxygens (including phenoxy) is 2. The maximum atomic E-state index is 7.06. The molecule has 4 aromatic carbocycles. The van der Waals surface area contributed by atoms with Crippen LogP contribution in [0.25, 0.3) is 47.7 Å². The minimum atomic E-state index is -0.00828. The van der Waals surface area contributed by atoms with Gasteiger partial charge in [0.2, 0.25) is 0 Å². The first-order valence-corrected chi connectivity index (χ1v) is 12.8. The summed E-state index contributed by atoms with van der Waals surface area (Å²) in [4.78, 5) is 0. The van der Waals surface area contributed by atoms with Gasteiger partial charge in [-0.25, -0.2) is 0 Å². The maximum absolute atomic E-state index is 7.06. The van der Waals surface area contributed by atoms with Crippen LogP contribution in [0.5, 0.6) is 11.5 Å². The third-order valence-electron chi connectivity index (χ3n) is 6.78. The van der Waals surface area contributed by atoms with Crippen LogP contribution in [0.15, 0.2) is 66.7 Å². The molecule has 0 spiro atoms. The second kappa shape index (κ2) is 7.91. The lowest BCUT2D eigenvalue weighted by atomic mass is 9.86. The van der Waals surface area contributed by atoms with E-state index in [4.69, 9.17) is 21.1 Å². The Morgan fingerprint density at radius 3 is 2.20 bits per heavy atom. The van der Waals surface area contributed by atoms with E-state index >= 15 is 0 Å². The average Bonchev–Trinajstić information content (AvgIpc) is 3.37. The normalized spacial score (nSPS) is 12.3. The van der Waals surface area contributed by atoms with Crippen LogP contribution < -0.4 is 9.47 Å². The minimum Gasteiger partial charge on any atom is -0.497 e. The number of halogens is 1. The van der Waals surface area contributed by atoms with E-state index < -0.39 is 0 Å². The van der Waals surface area contributed by atoms with Crippen molar-refractivity contribution in [3.63, 3.8) is 0 Å². The van der Waals surface area contributed by atoms with Gasteiger partial charge >= 0.3 is 0 Å². The van der Waals surface area contributed by atoms with Gasteiger partial charge in [-0.1, -0.05) is 44.5 Å². The van der Waals surface area contributed by atoms with E-state index in [9.17, 15) is 0 Å². The van der Waals surface area contributed by atoms with Crippen LogP contribution in [0.3, 0.4) is 0 Å². The Balaban J connectivity index is 1.76. The Morgan fingerprint density at radius 2 is 1.46 bits per heavy atom. The molecule has 2 heterocycles. The van der Waals surface area contributed by atoms with Crippen LogP contribution in [0.4, 0.5) is 0 Å². The first kappa shape index (κ1) is 22.3. The molecule has 0 aliphatic heterocycles. The molecule has 0 bridgehead atoms. The lowest BCUT2D eigenvalue weighted by molar-refractivity contribution is 0.415. The van der Waals surface area contributed by atoms with Crippen molar-refractivity contribution < 1.29 is 9.47 Å². The molecule has 0 atom stereocenters. The molecule has 5 heteroatoms. The molecule has 176 valence electrons. The van der Waals surface area contributed by atoms with E-state index in [1.54, 1.807) is 25.6 Å². The summed E-state index contributed by atoms with van der Waals surface area (Å²) in [6, 6.07) is 23.5. The second-order valence-electron chi connectivity index (χ2n) is 9.98. The zero-order valence-electron chi connectivity index (χ0n) is 20.4. The Hall–Kier alpha value is -3.21. The van der Waals surface area contributed by atoms with Crippen molar-refractivity contribution in [1.29, 1.82) is 0 Å². The first-order valence-electron chi connectivity index (χ1n) is 11.6. The monoisotopic (exact) mass is 499 g/mol. The maximum Gasteiger partial charge on any atom is 0.120 e. The summed E-state index contributed by atoms with van der Waals surface area (Å²) in [6.07, 6.45) is 0. The highest BCUT2D eigenvalue weighted by Gasteiger charge is 2.23. The second-order valence-corrected chi connectivity index (χ2v) is 11.4. The Kier molecular flexibility index (Phi) is 5.03. The van der Waals surface area contributed by atoms with Crippen molar-refractivity contribution in [2.75, 3.05) is 14.2 Å². The zero-order chi connectivity index (χ0) is 24.5. The van der Waals surface area contributed by atoms with E-state index in [1.165, 1.54) is 36.6 Å². The molecule has 0 saturated heterocycles. The molecular formula is C30H26ClNO2S. The van der Waals surface area contributed by atoms with Gasteiger partial charge in [-0.3, -0.25) is 0 Å². The smallest absolute Gasteiger partial charge is 0.120 e. The predicted molar refractivity (Wildman–Crippen MR) is 150 cm³/mol. The van der Waals surface area contributed by atoms with Crippen molar-refractivity contribution in [3.05, 3.63) is 77.3 Å². The van der Waals surface area contributed by atoms with Gasteiger partial charge in [-0.15, -0.1) is 11.3 Å². The summed E-state index contributed by atoms with van der Waals surface area (Å²) in [5.74, 6) is 1.71. The van der Waals surface area contributed by atoms with Gasteiger partial charge in [-0.05, 0) is 76.3 Å². The number of nitrogens with zero attached hydrogens (tertiary/aromatic N) is 1. The van der Waals surface area contributed by atoms with E-state index in [-0.39, 0.29) is 5.41 Å². The van der Waals surface area contributed by atoms with Crippen molar-refractivity contribution in [1.82, 2.24) is 4.57 Å². The summed E-state index contributed by atoms with van der Waals surface area (Å²) in [5, 5.41) is 5.44. The van der Waals surface area contributed by atoms with Gasteiger partial charge < -0.3 is 14.0 Å². The van der Waals surface area contributed by atoms with Crippen LogP contribution in [-0.2, 0) is 5.41 Å². The Labute approximate surface area is 213 Å². The number of hydrogen-bond acceptors (Lipinski definition) is 3. The van der Waals surface area contributed by atoms with Gasteiger partial charge in [0.1, 0.15) is 11.5 Å². The quantitative estimate of drug-likeness (QED) is 0.242. The van der Waals surface area contributed by atoms with E-state index in [2.05, 4.69) is 79.9 Å². The fraction of sp³-hybridized carbons (Fsp3) is 0.200. The topological polar surface area (TPSA) is 23.4 Å². The third-order valence-corrected chi connectivity index (χ3v) is 8.24. The van der Waals surface area contributed by atoms with Gasteiger partial charge in [0.25, 0.3) is 0 Å². The Morgan fingerprint density at radius 1 is 0.743 bits per heavy atom. The lowest BCUT2D eigenvalue weighted by Gasteiger charge is -2.20. The number of rotatable bonds is 3. The van der Waals surface area contributed by atoms with Gasteiger partial charge in [0.15, 0.2) is 0 Å². The molecule has 0 radical (unpaired) electrons. The number of benzene rings is 4. The number of fused-ring (bicyclic) bond motifs is 6. The van der Waals surface area contributed by atoms with Gasteiger partial charge in [0.05, 0.1) is 35.0 Å². The fourth-order valence-corrected chi connectivity index (χ4v) is 6.41. The molecule has 0 unspecified atom stereocenters. The molecular weight excluding hydrogens is 474 g/mol. The highest BCUT2D eigenvalue weighted by molar-refractivity contribution is 7.26. The number of thiophene rings is 1. The molecule has 0 aliphatic carbocycles. The summed E-state index contributed by atoms with van der Waals surface area (Å²) in [7, 11) is 3.41. The largest absolute Gasteiger partial charge is 0.497 e. The van der Waals surface area contributed by atoms with E-state index in [0.717, 1.165) is 33.1 Å². The Bertz CT molecular complexity index is 1770. The molecule has 0 N–H and O–H groups in total. The SMILES string of the molecule is COc1ccc2ccc(-n3c4c(Cl)cc(C(C)(C)C)cc4c4sc5cc(OC)ccc5c43)cc2c1. The molecule has 2 aromatic heterocycles. The van der Waals surface area contributed by atoms with Gasteiger partial charge in [-0.2, -0.15) is 0 Å². The fourth-order valence-electron chi connectivity index (χ4n) is 4.88. The molecule has 35 heavy (non-hydrogen) atoms. The predicted octanol–water partition coefficient (Wildman–Crippen LogP) is 9.12. The molecule has 6 aromatic rings. The van der Waals surface area contributed by atoms with Crippen LogP contribution in [0, 0.1) is 0 Å². The summed E-state index contributed by atoms with van der Waals surface area (Å²) in [6.45, 7) is 6.68. The van der Waals surface area contributed by atoms with Crippen LogP contribution in [-0.4, -0.2) is 18.8 Å². The number of aromatic nitrogens is 1. The van der Waals surface area contributed by atoms with E-state index in [0.29, 0.717) is 0 Å². The molecule has 0 amide bonds. The third kappa shape index (κ3) is 3.47. The van der Waals surface area contributed by atoms with E-state index in [1.807, 2.05) is 12.1 Å². The zero-order valence-corrected chi connectivity index (χ0v) is 22.0. The molecule has 0 fully saturated rings. The van der Waals surface area contributed by atoms with Gasteiger partial charge in [0, 0.05) is 21.2 Å². The highest BCUT2D eigenvalue weighted by atomic mass is 35.5. The van der Waals surface area contributed by atoms with Crippen molar-refractivity contribution in [2.45, 2.75) is 26.2 Å². The minimum absolute atomic E-state index is 0.00828. The van der Waals surface area contributed by atoms with Crippen molar-refractivity contribution >= 4 is 64.9 Å². The molecule has 6 rings (SSSR count). The number of hydrogen-bond donors (Lipinski definition) is 0. The standard InChI is InChI=1S/C30H26ClNO2S/c1-30(2,3)19-14-24-27(25(31)15-19)32(20-8-6-17-7-9-21(33-4)13-18(17)12-20)28-23-11-10-22(34-5)16-26(23)35-29(24)28/h6-16H,1-5H3. The summed E-state index contributed by atoms with van der Waals surface area (Å²) < 4.78 is 15.8. The molecule has 0 aliphatic rings. The van der Waals surface area contributed by atoms with Crippen LogP contribution in [0.2, 0.25) is 5.02 Å². The van der Waals surface area contributed by atoms with Crippen LogP contribution >= 0.6 is 22.9 Å². The molecule has 0 saturated carbocycles. The first-order chi connectivity index (χ1) is 16.8. The average molecular weight is 500 g/mol. The number of methoxy groups -OCH3 is 2. The summed E-state index contributed by atoms with van der Waals surface area (Å²) >= 11 is 8.85. The summed E-state index contributed by atoms with van der Waals surface area (Å²) in [5.41, 5.74) is 4.52. The lowest BCUT2D eigenvalue weighted by Crippen LogP contribution is -2.10.